The topological polar surface area (TPSA) is 249 Å². The minimum atomic E-state index is -1.77. The number of phenolic OH excluding ortho intramolecular Hbond substituents is 2. The van der Waals surface area contributed by atoms with Crippen LogP contribution in [0.25, 0.3) is 0 Å². The third kappa shape index (κ3) is 9.89. The maximum Gasteiger partial charge on any atom is 0.328 e. The van der Waals surface area contributed by atoms with Gasteiger partial charge < -0.3 is 47.2 Å². The molecule has 0 aliphatic heterocycles. The van der Waals surface area contributed by atoms with Crippen LogP contribution < -0.4 is 21.7 Å². The molecule has 0 aromatic heterocycles. The molecule has 2 aromatic rings. The van der Waals surface area contributed by atoms with Gasteiger partial charge in [0.1, 0.15) is 23.6 Å². The molecule has 0 fully saturated rings. The highest BCUT2D eigenvalue weighted by atomic mass is 16.4. The van der Waals surface area contributed by atoms with Crippen molar-refractivity contribution >= 4 is 29.7 Å². The van der Waals surface area contributed by atoms with Crippen molar-refractivity contribution in [2.24, 2.45) is 5.73 Å². The van der Waals surface area contributed by atoms with Crippen molar-refractivity contribution in [2.75, 3.05) is 0 Å². The number of carbonyl (C=O) groups excluding carboxylic acids is 3. The van der Waals surface area contributed by atoms with E-state index in [9.17, 15) is 49.5 Å². The number of aliphatic hydroxyl groups is 1. The van der Waals surface area contributed by atoms with Crippen LogP contribution >= 0.6 is 0 Å². The standard InChI is InChI=1S/C26H32N4O10/c1-13(31)22(26(39)40)30-25(38)20(12-21(34)35)29-24(37)19(11-15-4-8-17(33)9-5-15)28-23(36)18(27)10-14-2-6-16(32)7-3-14/h2-9,13,18-20,22,31-33H,10-12,27H2,1H3,(H,28,36)(H,29,37)(H,30,38)(H,34,35)(H,39,40). The molecule has 14 heteroatoms. The first-order valence-corrected chi connectivity index (χ1v) is 12.1. The molecule has 0 heterocycles. The number of hydrogen-bond donors (Lipinski definition) is 9. The van der Waals surface area contributed by atoms with E-state index in [0.717, 1.165) is 6.92 Å². The molecule has 40 heavy (non-hydrogen) atoms. The summed E-state index contributed by atoms with van der Waals surface area (Å²) in [5.41, 5.74) is 7.13. The molecule has 0 aliphatic rings. The highest BCUT2D eigenvalue weighted by Crippen LogP contribution is 2.13. The Hall–Kier alpha value is -4.69. The Balaban J connectivity index is 2.25. The minimum absolute atomic E-state index is 0.0236. The smallest absolute Gasteiger partial charge is 0.328 e. The number of hydrogen-bond acceptors (Lipinski definition) is 9. The number of benzene rings is 2. The monoisotopic (exact) mass is 560 g/mol. The second-order valence-corrected chi connectivity index (χ2v) is 9.13. The van der Waals surface area contributed by atoms with Crippen molar-refractivity contribution in [2.45, 2.75) is 56.5 Å². The fourth-order valence-electron chi connectivity index (χ4n) is 3.63. The van der Waals surface area contributed by atoms with Gasteiger partial charge in [0, 0.05) is 6.42 Å². The van der Waals surface area contributed by atoms with E-state index in [4.69, 9.17) is 5.73 Å². The predicted molar refractivity (Wildman–Crippen MR) is 139 cm³/mol. The number of aliphatic carboxylic acids is 2. The van der Waals surface area contributed by atoms with Crippen LogP contribution in [-0.4, -0.2) is 85.5 Å². The van der Waals surface area contributed by atoms with E-state index in [2.05, 4.69) is 10.6 Å². The van der Waals surface area contributed by atoms with E-state index in [0.29, 0.717) is 11.1 Å². The maximum atomic E-state index is 13.2. The summed E-state index contributed by atoms with van der Waals surface area (Å²) in [6.45, 7) is 1.11. The molecular formula is C26H32N4O10. The maximum absolute atomic E-state index is 13.2. The van der Waals surface area contributed by atoms with Crippen molar-refractivity contribution in [1.29, 1.82) is 0 Å². The summed E-state index contributed by atoms with van der Waals surface area (Å²) in [7, 11) is 0. The molecule has 5 atom stereocenters. The summed E-state index contributed by atoms with van der Waals surface area (Å²) in [4.78, 5) is 61.5. The lowest BCUT2D eigenvalue weighted by Crippen LogP contribution is -2.59. The highest BCUT2D eigenvalue weighted by molar-refractivity contribution is 5.95. The van der Waals surface area contributed by atoms with Gasteiger partial charge in [-0.2, -0.15) is 0 Å². The van der Waals surface area contributed by atoms with Crippen molar-refractivity contribution in [3.8, 4) is 11.5 Å². The van der Waals surface area contributed by atoms with E-state index in [1.165, 1.54) is 36.4 Å². The fourth-order valence-corrected chi connectivity index (χ4v) is 3.63. The molecule has 2 rings (SSSR count). The van der Waals surface area contributed by atoms with Crippen LogP contribution in [0, 0.1) is 0 Å². The van der Waals surface area contributed by atoms with Crippen LogP contribution in [0.2, 0.25) is 0 Å². The Bertz CT molecular complexity index is 1200. The molecule has 2 aromatic carbocycles. The molecule has 0 saturated heterocycles. The number of carbonyl (C=O) groups is 5. The molecule has 5 unspecified atom stereocenters. The average molecular weight is 561 g/mol. The zero-order valence-electron chi connectivity index (χ0n) is 21.5. The third-order valence-electron chi connectivity index (χ3n) is 5.80. The zero-order valence-corrected chi connectivity index (χ0v) is 21.5. The number of nitrogens with one attached hydrogen (secondary N) is 3. The molecule has 0 radical (unpaired) electrons. The summed E-state index contributed by atoms with van der Waals surface area (Å²) in [5, 5.41) is 53.8. The number of carboxylic acids is 2. The van der Waals surface area contributed by atoms with Gasteiger partial charge in [-0.3, -0.25) is 19.2 Å². The van der Waals surface area contributed by atoms with Crippen LogP contribution in [0.3, 0.4) is 0 Å². The molecule has 0 spiro atoms. The Morgan fingerprint density at radius 2 is 1.18 bits per heavy atom. The number of rotatable bonds is 14. The molecule has 0 saturated carbocycles. The lowest BCUT2D eigenvalue weighted by molar-refractivity contribution is -0.146. The van der Waals surface area contributed by atoms with Crippen LogP contribution in [-0.2, 0) is 36.8 Å². The summed E-state index contributed by atoms with van der Waals surface area (Å²) in [5.74, 6) is -5.98. The first-order valence-electron chi connectivity index (χ1n) is 12.1. The number of aromatic hydroxyl groups is 2. The summed E-state index contributed by atoms with van der Waals surface area (Å²) in [6, 6.07) is 5.63. The van der Waals surface area contributed by atoms with Gasteiger partial charge in [0.2, 0.25) is 17.7 Å². The quantitative estimate of drug-likeness (QED) is 0.130. The van der Waals surface area contributed by atoms with Crippen LogP contribution in [0.15, 0.2) is 48.5 Å². The second-order valence-electron chi connectivity index (χ2n) is 9.13. The Morgan fingerprint density at radius 1 is 0.725 bits per heavy atom. The first-order chi connectivity index (χ1) is 18.8. The van der Waals surface area contributed by atoms with E-state index in [1.807, 2.05) is 5.32 Å². The number of carboxylic acid groups (broad SMARTS) is 2. The number of amides is 3. The third-order valence-corrected chi connectivity index (χ3v) is 5.80. The zero-order chi connectivity index (χ0) is 30.0. The number of phenols is 2. The van der Waals surface area contributed by atoms with E-state index < -0.39 is 66.4 Å². The van der Waals surface area contributed by atoms with Gasteiger partial charge in [-0.25, -0.2) is 4.79 Å². The van der Waals surface area contributed by atoms with Gasteiger partial charge in [-0.1, -0.05) is 24.3 Å². The van der Waals surface area contributed by atoms with E-state index in [-0.39, 0.29) is 24.3 Å². The molecule has 14 nitrogen and oxygen atoms in total. The van der Waals surface area contributed by atoms with Crippen molar-refractivity contribution < 1.29 is 49.5 Å². The van der Waals surface area contributed by atoms with Gasteiger partial charge in [0.15, 0.2) is 6.04 Å². The van der Waals surface area contributed by atoms with Gasteiger partial charge in [0.05, 0.1) is 18.6 Å². The van der Waals surface area contributed by atoms with E-state index in [1.54, 1.807) is 12.1 Å². The lowest BCUT2D eigenvalue weighted by Gasteiger charge is -2.25. The normalized spacial score (nSPS) is 14.6. The number of nitrogens with two attached hydrogens (primary N) is 1. The van der Waals surface area contributed by atoms with E-state index >= 15 is 0 Å². The summed E-state index contributed by atoms with van der Waals surface area (Å²) >= 11 is 0. The average Bonchev–Trinajstić information content (AvgIpc) is 2.88. The Kier molecular flexibility index (Phi) is 11.4. The van der Waals surface area contributed by atoms with Crippen molar-refractivity contribution in [3.05, 3.63) is 59.7 Å². The molecule has 216 valence electrons. The van der Waals surface area contributed by atoms with Gasteiger partial charge in [-0.15, -0.1) is 0 Å². The highest BCUT2D eigenvalue weighted by Gasteiger charge is 2.33. The van der Waals surface area contributed by atoms with Crippen LogP contribution in [0.1, 0.15) is 24.5 Å². The number of aliphatic hydroxyl groups excluding tert-OH is 1. The predicted octanol–water partition coefficient (Wildman–Crippen LogP) is -1.40. The lowest BCUT2D eigenvalue weighted by atomic mass is 10.0. The minimum Gasteiger partial charge on any atom is -0.508 e. The summed E-state index contributed by atoms with van der Waals surface area (Å²) < 4.78 is 0. The van der Waals surface area contributed by atoms with Crippen molar-refractivity contribution in [3.63, 3.8) is 0 Å². The van der Waals surface area contributed by atoms with Crippen molar-refractivity contribution in [1.82, 2.24) is 16.0 Å². The molecule has 10 N–H and O–H groups in total. The summed E-state index contributed by atoms with van der Waals surface area (Å²) in [6.07, 6.45) is -2.54. The van der Waals surface area contributed by atoms with Gasteiger partial charge in [0.25, 0.3) is 0 Å². The Labute approximate surface area is 228 Å². The Morgan fingerprint density at radius 3 is 1.62 bits per heavy atom. The van der Waals surface area contributed by atoms with Gasteiger partial charge >= 0.3 is 11.9 Å². The van der Waals surface area contributed by atoms with Gasteiger partial charge in [-0.05, 0) is 48.7 Å². The second kappa shape index (κ2) is 14.5. The van der Waals surface area contributed by atoms with Crippen LogP contribution in [0.4, 0.5) is 0 Å². The fraction of sp³-hybridized carbons (Fsp3) is 0.346. The molecule has 0 aliphatic carbocycles. The molecule has 0 bridgehead atoms. The molecular weight excluding hydrogens is 528 g/mol. The first kappa shape index (κ1) is 31.5. The largest absolute Gasteiger partial charge is 0.508 e. The van der Waals surface area contributed by atoms with Crippen LogP contribution in [0.5, 0.6) is 11.5 Å². The molecule has 3 amide bonds. The SMILES string of the molecule is CC(O)C(NC(=O)C(CC(=O)O)NC(=O)C(Cc1ccc(O)cc1)NC(=O)C(N)Cc1ccc(O)cc1)C(=O)O.